The molecule has 0 aliphatic heterocycles. The van der Waals surface area contributed by atoms with E-state index in [1.54, 1.807) is 31.7 Å². The number of nitriles is 1. The molecule has 1 rings (SSSR count). The summed E-state index contributed by atoms with van der Waals surface area (Å²) in [6, 6.07) is 1.98. The molecule has 0 aliphatic carbocycles. The van der Waals surface area contributed by atoms with Gasteiger partial charge in [-0.1, -0.05) is 0 Å². The normalized spacial score (nSPS) is 10.7. The van der Waals surface area contributed by atoms with Crippen molar-refractivity contribution < 1.29 is 4.79 Å². The first-order chi connectivity index (χ1) is 6.44. The first-order valence-corrected chi connectivity index (χ1v) is 4.16. The molecule has 0 unspecified atom stereocenters. The summed E-state index contributed by atoms with van der Waals surface area (Å²) < 4.78 is 1.67. The fourth-order valence-electron chi connectivity index (χ4n) is 0.906. The van der Waals surface area contributed by atoms with Gasteiger partial charge >= 0.3 is 0 Å². The fourth-order valence-corrected chi connectivity index (χ4v) is 0.906. The molecule has 0 aromatic carbocycles. The lowest BCUT2D eigenvalue weighted by Gasteiger charge is -2.16. The number of aromatic nitrogens is 2. The van der Waals surface area contributed by atoms with Crippen molar-refractivity contribution in [2.75, 3.05) is 0 Å². The van der Waals surface area contributed by atoms with E-state index in [1.807, 2.05) is 6.07 Å². The second-order valence-corrected chi connectivity index (χ2v) is 3.62. The highest BCUT2D eigenvalue weighted by Crippen LogP contribution is 2.02. The van der Waals surface area contributed by atoms with E-state index in [0.717, 1.165) is 0 Å². The third kappa shape index (κ3) is 2.33. The van der Waals surface area contributed by atoms with Gasteiger partial charge in [0.25, 0.3) is 5.91 Å². The smallest absolute Gasteiger partial charge is 0.272 e. The van der Waals surface area contributed by atoms with E-state index < -0.39 is 5.54 Å². The molecule has 0 saturated heterocycles. The molecule has 0 bridgehead atoms. The largest absolute Gasteiger partial charge is 0.340 e. The van der Waals surface area contributed by atoms with E-state index in [9.17, 15) is 4.79 Å². The second kappa shape index (κ2) is 3.50. The van der Waals surface area contributed by atoms with Gasteiger partial charge in [0.2, 0.25) is 0 Å². The number of amides is 1. The molecule has 1 aromatic rings. The molecule has 0 saturated carbocycles. The summed E-state index contributed by atoms with van der Waals surface area (Å²) in [7, 11) is 1.78. The standard InChI is InChI=1S/C9H12N4O/c1-9(2,5-10)12-8(14)7-4-13(3)6-11-7/h4,6H,1-3H3,(H,12,14). The number of nitrogens with zero attached hydrogens (tertiary/aromatic N) is 3. The fraction of sp³-hybridized carbons (Fsp3) is 0.444. The number of carbonyl (C=O) groups is 1. The minimum Gasteiger partial charge on any atom is -0.340 e. The van der Waals surface area contributed by atoms with Crippen LogP contribution in [0, 0.1) is 11.3 Å². The molecular weight excluding hydrogens is 180 g/mol. The van der Waals surface area contributed by atoms with Gasteiger partial charge in [0, 0.05) is 13.2 Å². The van der Waals surface area contributed by atoms with E-state index in [2.05, 4.69) is 10.3 Å². The molecule has 0 atom stereocenters. The van der Waals surface area contributed by atoms with Crippen LogP contribution in [0.1, 0.15) is 24.3 Å². The molecule has 0 fully saturated rings. The summed E-state index contributed by atoms with van der Waals surface area (Å²) >= 11 is 0. The van der Waals surface area contributed by atoms with Gasteiger partial charge in [0.15, 0.2) is 0 Å². The van der Waals surface area contributed by atoms with Gasteiger partial charge in [-0.05, 0) is 13.8 Å². The second-order valence-electron chi connectivity index (χ2n) is 3.62. The summed E-state index contributed by atoms with van der Waals surface area (Å²) in [6.07, 6.45) is 3.14. The van der Waals surface area contributed by atoms with Crippen LogP contribution in [0.4, 0.5) is 0 Å². The van der Waals surface area contributed by atoms with Crippen molar-refractivity contribution in [3.05, 3.63) is 18.2 Å². The summed E-state index contributed by atoms with van der Waals surface area (Å²) in [5.74, 6) is -0.336. The number of hydrogen-bond acceptors (Lipinski definition) is 3. The minimum absolute atomic E-state index is 0.316. The predicted octanol–water partition coefficient (Wildman–Crippen LogP) is 0.452. The monoisotopic (exact) mass is 192 g/mol. The third-order valence-electron chi connectivity index (χ3n) is 1.64. The number of nitrogens with one attached hydrogen (secondary N) is 1. The van der Waals surface area contributed by atoms with Crippen LogP contribution in [0.15, 0.2) is 12.5 Å². The average molecular weight is 192 g/mol. The molecule has 0 radical (unpaired) electrons. The summed E-state index contributed by atoms with van der Waals surface area (Å²) in [6.45, 7) is 3.27. The van der Waals surface area contributed by atoms with Crippen molar-refractivity contribution in [2.45, 2.75) is 19.4 Å². The SMILES string of the molecule is Cn1cnc(C(=O)NC(C)(C)C#N)c1. The molecule has 5 heteroatoms. The van der Waals surface area contributed by atoms with Gasteiger partial charge in [-0.15, -0.1) is 0 Å². The number of imidazole rings is 1. The zero-order chi connectivity index (χ0) is 10.8. The van der Waals surface area contributed by atoms with Crippen molar-refractivity contribution in [2.24, 2.45) is 7.05 Å². The van der Waals surface area contributed by atoms with Crippen LogP contribution in [0.3, 0.4) is 0 Å². The predicted molar refractivity (Wildman–Crippen MR) is 50.4 cm³/mol. The van der Waals surface area contributed by atoms with Crippen LogP contribution in [-0.4, -0.2) is 21.0 Å². The molecule has 1 amide bonds. The molecule has 14 heavy (non-hydrogen) atoms. The lowest BCUT2D eigenvalue weighted by atomic mass is 10.1. The Morgan fingerprint density at radius 1 is 1.71 bits per heavy atom. The van der Waals surface area contributed by atoms with Crippen molar-refractivity contribution in [3.63, 3.8) is 0 Å². The highest BCUT2D eigenvalue weighted by Gasteiger charge is 2.21. The van der Waals surface area contributed by atoms with Crippen LogP contribution in [0.2, 0.25) is 0 Å². The minimum atomic E-state index is -0.866. The molecular formula is C9H12N4O. The van der Waals surface area contributed by atoms with Crippen LogP contribution in [0.5, 0.6) is 0 Å². The number of rotatable bonds is 2. The molecule has 1 heterocycles. The average Bonchev–Trinajstić information content (AvgIpc) is 2.51. The van der Waals surface area contributed by atoms with Gasteiger partial charge < -0.3 is 9.88 Å². The molecule has 74 valence electrons. The van der Waals surface area contributed by atoms with E-state index in [1.165, 1.54) is 6.33 Å². The summed E-state index contributed by atoms with van der Waals surface area (Å²) in [5, 5.41) is 11.3. The Bertz CT molecular complexity index is 386. The summed E-state index contributed by atoms with van der Waals surface area (Å²) in [5.41, 5.74) is -0.551. The van der Waals surface area contributed by atoms with Crippen LogP contribution >= 0.6 is 0 Å². The number of aryl methyl sites for hydroxylation is 1. The third-order valence-corrected chi connectivity index (χ3v) is 1.64. The van der Waals surface area contributed by atoms with Crippen molar-refractivity contribution in [1.29, 1.82) is 5.26 Å². The Morgan fingerprint density at radius 3 is 2.79 bits per heavy atom. The Kier molecular flexibility index (Phi) is 2.56. The molecule has 1 aromatic heterocycles. The zero-order valence-electron chi connectivity index (χ0n) is 8.40. The maximum absolute atomic E-state index is 11.5. The maximum Gasteiger partial charge on any atom is 0.272 e. The van der Waals surface area contributed by atoms with Crippen molar-refractivity contribution in [3.8, 4) is 6.07 Å². The van der Waals surface area contributed by atoms with Gasteiger partial charge in [-0.25, -0.2) is 4.98 Å². The Hall–Kier alpha value is -1.83. The first-order valence-electron chi connectivity index (χ1n) is 4.16. The van der Waals surface area contributed by atoms with Crippen LogP contribution in [-0.2, 0) is 7.05 Å². The van der Waals surface area contributed by atoms with Gasteiger partial charge in [-0.2, -0.15) is 5.26 Å². The Labute approximate surface area is 82.4 Å². The lowest BCUT2D eigenvalue weighted by Crippen LogP contribution is -2.42. The van der Waals surface area contributed by atoms with Crippen LogP contribution in [0.25, 0.3) is 0 Å². The zero-order valence-corrected chi connectivity index (χ0v) is 8.40. The van der Waals surface area contributed by atoms with Gasteiger partial charge in [0.1, 0.15) is 11.2 Å². The van der Waals surface area contributed by atoms with E-state index in [4.69, 9.17) is 5.26 Å². The van der Waals surface area contributed by atoms with Gasteiger partial charge in [-0.3, -0.25) is 4.79 Å². The molecule has 0 aliphatic rings. The molecule has 0 spiro atoms. The maximum atomic E-state index is 11.5. The quantitative estimate of drug-likeness (QED) is 0.739. The van der Waals surface area contributed by atoms with E-state index >= 15 is 0 Å². The number of carbonyl (C=O) groups excluding carboxylic acids is 1. The topological polar surface area (TPSA) is 70.7 Å². The molecule has 1 N–H and O–H groups in total. The summed E-state index contributed by atoms with van der Waals surface area (Å²) in [4.78, 5) is 15.4. The number of hydrogen-bond donors (Lipinski definition) is 1. The highest BCUT2D eigenvalue weighted by atomic mass is 16.2. The van der Waals surface area contributed by atoms with Crippen molar-refractivity contribution in [1.82, 2.24) is 14.9 Å². The van der Waals surface area contributed by atoms with E-state index in [-0.39, 0.29) is 5.91 Å². The van der Waals surface area contributed by atoms with Gasteiger partial charge in [0.05, 0.1) is 12.4 Å². The van der Waals surface area contributed by atoms with Crippen molar-refractivity contribution >= 4 is 5.91 Å². The first kappa shape index (κ1) is 10.3. The van der Waals surface area contributed by atoms with Crippen LogP contribution < -0.4 is 5.32 Å². The lowest BCUT2D eigenvalue weighted by molar-refractivity contribution is 0.0924. The Morgan fingerprint density at radius 2 is 2.36 bits per heavy atom. The Balaban J connectivity index is 2.74. The molecule has 5 nitrogen and oxygen atoms in total. The van der Waals surface area contributed by atoms with E-state index in [0.29, 0.717) is 5.69 Å². The highest BCUT2D eigenvalue weighted by molar-refractivity contribution is 5.92.